The third kappa shape index (κ3) is 13.2. The molecule has 2 atom stereocenters. The number of carbonyl (C=O) groups is 2. The number of anilines is 1. The van der Waals surface area contributed by atoms with Gasteiger partial charge in [-0.25, -0.2) is 10.3 Å². The SMILES string of the molecule is COc1ccc(NC(=O)O[C@@H](c2ccc(OCCO[Si](CCC(F)(F)C(F)(F)C(F)(F)C(F)(F)C(F)(F)C(F)(F)C(F)(F)C(F)(F)F)(C(C)C)C(C)C)cc2)[C@H](C)CC/C=C/C(C)=C/C(=O)NO)cc1. The molecule has 2 rings (SSSR count). The van der Waals surface area contributed by atoms with E-state index in [9.17, 15) is 75.4 Å². The van der Waals surface area contributed by atoms with Gasteiger partial charge in [-0.1, -0.05) is 58.9 Å². The molecule has 2 amide bonds. The van der Waals surface area contributed by atoms with Gasteiger partial charge in [0, 0.05) is 18.2 Å². The number of nitrogens with one attached hydrogen (secondary N) is 2. The number of halogens is 17. The average Bonchev–Trinajstić information content (AvgIpc) is 3.26. The molecule has 0 fully saturated rings. The Balaban J connectivity index is 2.30. The molecule has 0 aromatic heterocycles. The monoisotopic (exact) mass is 1060 g/mol. The van der Waals surface area contributed by atoms with E-state index >= 15 is 8.78 Å². The molecule has 70 heavy (non-hydrogen) atoms. The van der Waals surface area contributed by atoms with Crippen molar-refractivity contribution in [2.24, 2.45) is 5.92 Å². The zero-order chi connectivity index (χ0) is 54.1. The first-order valence-electron chi connectivity index (χ1n) is 20.8. The number of hydroxylamine groups is 1. The summed E-state index contributed by atoms with van der Waals surface area (Å²) in [4.78, 5) is 24.4. The third-order valence-corrected chi connectivity index (χ3v) is 16.9. The number of ether oxygens (including phenoxy) is 3. The molecule has 0 saturated carbocycles. The number of amides is 2. The topological polar surface area (TPSA) is 115 Å². The van der Waals surface area contributed by atoms with E-state index in [2.05, 4.69) is 5.32 Å². The van der Waals surface area contributed by atoms with Gasteiger partial charge in [-0.2, -0.15) is 74.6 Å². The summed E-state index contributed by atoms with van der Waals surface area (Å²) in [6.45, 7) is 7.72. The second-order valence-electron chi connectivity index (χ2n) is 16.7. The van der Waals surface area contributed by atoms with E-state index < -0.39 is 111 Å². The maximum Gasteiger partial charge on any atom is 0.460 e. The van der Waals surface area contributed by atoms with Crippen LogP contribution in [0, 0.1) is 5.92 Å². The minimum absolute atomic E-state index is 0.129. The quantitative estimate of drug-likeness (QED) is 0.0163. The minimum atomic E-state index is -8.71. The van der Waals surface area contributed by atoms with Gasteiger partial charge in [0.15, 0.2) is 8.32 Å². The molecular weight excluding hydrogens is 1010 g/mol. The standard InChI is InChI=1S/C43H51F17N2O7Si/c1-25(2)70(26(3)4,23-20-36(44,45)37(46,47)38(48,49)39(50,51)40(52,53)41(54,55)42(56,57)43(58,59)60)68-22-21-67-32-16-12-29(13-17-32)34(28(6)11-9-8-10-27(5)24-33(63)62-65)69-35(64)61-30-14-18-31(66-7)19-15-30/h8,10,12-19,24-26,28,34,65H,9,11,20-23H2,1-7H3,(H,61,64)(H,62,63)/b10-8+,27-24+/t28-,34-/m1/s1. The summed E-state index contributed by atoms with van der Waals surface area (Å²) in [7, 11) is -2.57. The van der Waals surface area contributed by atoms with E-state index in [0.29, 0.717) is 35.4 Å². The number of hydrogen-bond donors (Lipinski definition) is 3. The van der Waals surface area contributed by atoms with Crippen LogP contribution in [0.3, 0.4) is 0 Å². The smallest absolute Gasteiger partial charge is 0.460 e. The molecule has 0 aliphatic carbocycles. The molecule has 9 nitrogen and oxygen atoms in total. The highest BCUT2D eigenvalue weighted by Gasteiger charge is 2.95. The second-order valence-corrected chi connectivity index (χ2v) is 21.7. The van der Waals surface area contributed by atoms with E-state index in [1.807, 2.05) is 0 Å². The van der Waals surface area contributed by atoms with Gasteiger partial charge in [-0.15, -0.1) is 0 Å². The lowest BCUT2D eigenvalue weighted by molar-refractivity contribution is -0.461. The Morgan fingerprint density at radius 2 is 1.17 bits per heavy atom. The van der Waals surface area contributed by atoms with Gasteiger partial charge in [-0.05, 0) is 90.3 Å². The first-order chi connectivity index (χ1) is 31.8. The number of rotatable bonds is 26. The van der Waals surface area contributed by atoms with Crippen molar-refractivity contribution < 1.29 is 108 Å². The Bertz CT molecular complexity index is 2080. The third-order valence-electron chi connectivity index (χ3n) is 11.2. The van der Waals surface area contributed by atoms with Crippen molar-refractivity contribution in [2.45, 2.75) is 132 Å². The summed E-state index contributed by atoms with van der Waals surface area (Å²) in [6, 6.07) is 10.9. The summed E-state index contributed by atoms with van der Waals surface area (Å²) in [5.74, 6) is -57.3. The van der Waals surface area contributed by atoms with Crippen molar-refractivity contribution in [3.63, 3.8) is 0 Å². The largest absolute Gasteiger partial charge is 0.497 e. The van der Waals surface area contributed by atoms with Gasteiger partial charge in [0.25, 0.3) is 5.91 Å². The lowest BCUT2D eigenvalue weighted by atomic mass is 9.88. The molecule has 27 heteroatoms. The Labute approximate surface area is 391 Å². The number of allylic oxidation sites excluding steroid dienone is 3. The van der Waals surface area contributed by atoms with Crippen LogP contribution in [0.25, 0.3) is 0 Å². The van der Waals surface area contributed by atoms with Crippen LogP contribution in [0.2, 0.25) is 17.1 Å². The highest BCUT2D eigenvalue weighted by molar-refractivity contribution is 6.76. The molecule has 2 aromatic rings. The highest BCUT2D eigenvalue weighted by Crippen LogP contribution is 2.64. The molecule has 0 radical (unpaired) electrons. The number of methoxy groups -OCH3 is 1. The number of benzene rings is 2. The number of hydrogen-bond acceptors (Lipinski definition) is 7. The Kier molecular flexibility index (Phi) is 20.3. The molecule has 398 valence electrons. The summed E-state index contributed by atoms with van der Waals surface area (Å²) in [6.07, 6.45) is -6.74. The lowest BCUT2D eigenvalue weighted by Crippen LogP contribution is -2.74. The molecule has 0 unspecified atom stereocenters. The Hall–Kier alpha value is -4.79. The predicted octanol–water partition coefficient (Wildman–Crippen LogP) is 14.0. The normalized spacial score (nSPS) is 15.0. The van der Waals surface area contributed by atoms with Crippen LogP contribution < -0.4 is 20.3 Å². The van der Waals surface area contributed by atoms with Crippen LogP contribution >= 0.6 is 0 Å². The van der Waals surface area contributed by atoms with Gasteiger partial charge in [0.05, 0.1) is 13.7 Å². The molecule has 0 spiro atoms. The number of carbonyl (C=O) groups excluding carboxylic acids is 2. The van der Waals surface area contributed by atoms with Crippen molar-refractivity contribution in [1.82, 2.24) is 5.48 Å². The molecule has 0 aliphatic rings. The lowest BCUT2D eigenvalue weighted by Gasteiger charge is -2.44. The van der Waals surface area contributed by atoms with Gasteiger partial charge in [-0.3, -0.25) is 15.3 Å². The first kappa shape index (κ1) is 61.3. The summed E-state index contributed by atoms with van der Waals surface area (Å²) in [5.41, 5.74) is 1.04. The summed E-state index contributed by atoms with van der Waals surface area (Å²) >= 11 is 0. The molecule has 3 N–H and O–H groups in total. The van der Waals surface area contributed by atoms with Gasteiger partial charge >= 0.3 is 53.7 Å². The molecule has 2 aromatic carbocycles. The fourth-order valence-electron chi connectivity index (χ4n) is 7.02. The van der Waals surface area contributed by atoms with Crippen molar-refractivity contribution in [3.8, 4) is 11.5 Å². The number of alkyl halides is 17. The maximum absolute atomic E-state index is 15.0. The van der Waals surface area contributed by atoms with Gasteiger partial charge in [0.2, 0.25) is 0 Å². The van der Waals surface area contributed by atoms with E-state index in [4.69, 9.17) is 23.8 Å². The maximum atomic E-state index is 15.0. The zero-order valence-corrected chi connectivity index (χ0v) is 39.2. The molecular formula is C43H51F17N2O7Si. The fourth-order valence-corrected chi connectivity index (χ4v) is 11.5. The second kappa shape index (κ2) is 23.2. The van der Waals surface area contributed by atoms with Crippen LogP contribution in [-0.4, -0.2) is 93.5 Å². The first-order valence-corrected chi connectivity index (χ1v) is 23.1. The summed E-state index contributed by atoms with van der Waals surface area (Å²) in [5, 5.41) is 11.3. The van der Waals surface area contributed by atoms with Crippen molar-refractivity contribution in [1.29, 1.82) is 0 Å². The summed E-state index contributed by atoms with van der Waals surface area (Å²) < 4.78 is 259. The van der Waals surface area contributed by atoms with Crippen LogP contribution in [0.15, 0.2) is 72.3 Å². The molecule has 0 saturated heterocycles. The highest BCUT2D eigenvalue weighted by atomic mass is 28.4. The van der Waals surface area contributed by atoms with E-state index in [1.54, 1.807) is 50.3 Å². The Morgan fingerprint density at radius 3 is 1.64 bits per heavy atom. The van der Waals surface area contributed by atoms with Crippen LogP contribution in [-0.2, 0) is 14.0 Å². The fraction of sp³-hybridized carbons (Fsp3) is 0.581. The molecule has 0 aliphatic heterocycles. The van der Waals surface area contributed by atoms with E-state index in [1.165, 1.54) is 64.6 Å². The average molecular weight is 1060 g/mol. The van der Waals surface area contributed by atoms with Crippen LogP contribution in [0.5, 0.6) is 11.5 Å². The zero-order valence-electron chi connectivity index (χ0n) is 38.2. The minimum Gasteiger partial charge on any atom is -0.497 e. The van der Waals surface area contributed by atoms with E-state index in [0.717, 1.165) is 6.08 Å². The predicted molar refractivity (Wildman–Crippen MR) is 221 cm³/mol. The van der Waals surface area contributed by atoms with Crippen LogP contribution in [0.1, 0.15) is 72.5 Å². The van der Waals surface area contributed by atoms with Crippen molar-refractivity contribution >= 4 is 26.0 Å². The van der Waals surface area contributed by atoms with Crippen LogP contribution in [0.4, 0.5) is 85.1 Å². The van der Waals surface area contributed by atoms with Crippen molar-refractivity contribution in [3.05, 3.63) is 77.9 Å². The molecule has 0 bridgehead atoms. The molecule has 0 heterocycles. The van der Waals surface area contributed by atoms with Gasteiger partial charge < -0.3 is 18.6 Å². The van der Waals surface area contributed by atoms with E-state index in [-0.39, 0.29) is 11.7 Å². The van der Waals surface area contributed by atoms with Crippen molar-refractivity contribution in [2.75, 3.05) is 25.6 Å². The Morgan fingerprint density at radius 1 is 0.686 bits per heavy atom. The van der Waals surface area contributed by atoms with Gasteiger partial charge in [0.1, 0.15) is 24.2 Å².